The molecule has 0 spiro atoms. The summed E-state index contributed by atoms with van der Waals surface area (Å²) in [5.74, 6) is -1.01. The van der Waals surface area contributed by atoms with Gasteiger partial charge in [-0.15, -0.1) is 0 Å². The molecule has 0 aliphatic carbocycles. The maximum absolute atomic E-state index is 12.1. The van der Waals surface area contributed by atoms with Crippen molar-refractivity contribution in [3.05, 3.63) is 76.7 Å². The van der Waals surface area contributed by atoms with Crippen LogP contribution in [0.5, 0.6) is 0 Å². The number of carbonyl (C=O) groups is 2. The van der Waals surface area contributed by atoms with Crippen molar-refractivity contribution in [1.82, 2.24) is 14.9 Å². The van der Waals surface area contributed by atoms with Gasteiger partial charge in [0.15, 0.2) is 0 Å². The van der Waals surface area contributed by atoms with Gasteiger partial charge in [-0.25, -0.2) is 4.98 Å². The molecule has 3 rings (SSSR count). The number of fused-ring (bicyclic) bond motifs is 1. The molecule has 0 aliphatic rings. The summed E-state index contributed by atoms with van der Waals surface area (Å²) in [6.45, 7) is -0.318. The minimum atomic E-state index is -0.547. The van der Waals surface area contributed by atoms with E-state index >= 15 is 0 Å². The van der Waals surface area contributed by atoms with Gasteiger partial charge in [-0.05, 0) is 17.7 Å². The topological polar surface area (TPSA) is 90.3 Å². The smallest absolute Gasteiger partial charge is 0.325 e. The molecule has 0 fully saturated rings. The molecule has 1 N–H and O–H groups in total. The lowest BCUT2D eigenvalue weighted by molar-refractivity contribution is -0.145. The van der Waals surface area contributed by atoms with E-state index in [4.69, 9.17) is 4.74 Å². The zero-order valence-electron chi connectivity index (χ0n) is 13.9. The highest BCUT2D eigenvalue weighted by atomic mass is 16.5. The number of amides is 1. The molecular weight excluding hydrogens is 334 g/mol. The van der Waals surface area contributed by atoms with Gasteiger partial charge in [0.25, 0.3) is 5.56 Å². The first-order chi connectivity index (χ1) is 12.6. The maximum Gasteiger partial charge on any atom is 0.325 e. The summed E-state index contributed by atoms with van der Waals surface area (Å²) in [6.07, 6.45) is 1.17. The van der Waals surface area contributed by atoms with E-state index in [0.29, 0.717) is 11.0 Å². The van der Waals surface area contributed by atoms with Crippen LogP contribution in [-0.2, 0) is 27.5 Å². The summed E-state index contributed by atoms with van der Waals surface area (Å²) in [5.41, 5.74) is 1.65. The lowest BCUT2D eigenvalue weighted by Gasteiger charge is -2.10. The molecule has 132 valence electrons. The molecule has 3 aromatic rings. The maximum atomic E-state index is 12.1. The minimum absolute atomic E-state index is 0.143. The minimum Gasteiger partial charge on any atom is -0.460 e. The third kappa shape index (κ3) is 4.32. The van der Waals surface area contributed by atoms with Crippen LogP contribution in [0.25, 0.3) is 11.0 Å². The summed E-state index contributed by atoms with van der Waals surface area (Å²) in [5, 5.41) is 2.47. The van der Waals surface area contributed by atoms with E-state index < -0.39 is 11.9 Å². The molecule has 0 atom stereocenters. The number of esters is 1. The van der Waals surface area contributed by atoms with Gasteiger partial charge in [0.2, 0.25) is 5.91 Å². The highest BCUT2D eigenvalue weighted by Gasteiger charge is 2.11. The Morgan fingerprint density at radius 2 is 1.77 bits per heavy atom. The van der Waals surface area contributed by atoms with E-state index in [9.17, 15) is 14.4 Å². The number of hydrogen-bond donors (Lipinski definition) is 1. The second-order valence-electron chi connectivity index (χ2n) is 5.59. The quantitative estimate of drug-likeness (QED) is 0.675. The van der Waals surface area contributed by atoms with Crippen molar-refractivity contribution >= 4 is 22.9 Å². The standard InChI is InChI=1S/C19H17N3O4/c23-17(21-11-19(25)26-13-14-6-2-1-3-7-14)12-22-16-9-5-4-8-15(16)20-10-18(22)24/h1-10H,11-13H2,(H,21,23). The molecule has 2 aromatic carbocycles. The first kappa shape index (κ1) is 17.3. The molecule has 0 aliphatic heterocycles. The molecule has 1 aromatic heterocycles. The highest BCUT2D eigenvalue weighted by molar-refractivity contribution is 5.83. The third-order valence-electron chi connectivity index (χ3n) is 3.73. The second kappa shape index (κ2) is 8.06. The van der Waals surface area contributed by atoms with Crippen molar-refractivity contribution in [2.75, 3.05) is 6.54 Å². The first-order valence-corrected chi connectivity index (χ1v) is 8.04. The Balaban J connectivity index is 1.55. The van der Waals surface area contributed by atoms with Crippen LogP contribution in [0.15, 0.2) is 65.6 Å². The van der Waals surface area contributed by atoms with Crippen molar-refractivity contribution < 1.29 is 14.3 Å². The summed E-state index contributed by atoms with van der Waals surface area (Å²) in [6, 6.07) is 16.3. The van der Waals surface area contributed by atoms with E-state index in [1.165, 1.54) is 10.8 Å². The summed E-state index contributed by atoms with van der Waals surface area (Å²) in [4.78, 5) is 39.9. The SMILES string of the molecule is O=C(Cn1c(=O)cnc2ccccc21)NCC(=O)OCc1ccccc1. The number of aromatic nitrogens is 2. The zero-order valence-corrected chi connectivity index (χ0v) is 13.9. The molecule has 0 saturated heterocycles. The Hall–Kier alpha value is -3.48. The van der Waals surface area contributed by atoms with Crippen molar-refractivity contribution in [3.8, 4) is 0 Å². The van der Waals surface area contributed by atoms with Crippen molar-refractivity contribution in [2.45, 2.75) is 13.2 Å². The fourth-order valence-corrected chi connectivity index (χ4v) is 2.44. The van der Waals surface area contributed by atoms with Gasteiger partial charge < -0.3 is 10.1 Å². The Morgan fingerprint density at radius 1 is 1.04 bits per heavy atom. The average molecular weight is 351 g/mol. The number of nitrogens with zero attached hydrogens (tertiary/aromatic N) is 2. The molecule has 7 heteroatoms. The van der Waals surface area contributed by atoms with Gasteiger partial charge in [0, 0.05) is 0 Å². The molecule has 7 nitrogen and oxygen atoms in total. The van der Waals surface area contributed by atoms with Crippen molar-refractivity contribution in [3.63, 3.8) is 0 Å². The number of nitrogens with one attached hydrogen (secondary N) is 1. The third-order valence-corrected chi connectivity index (χ3v) is 3.73. The number of hydrogen-bond acceptors (Lipinski definition) is 5. The summed E-state index contributed by atoms with van der Waals surface area (Å²) >= 11 is 0. The molecular formula is C19H17N3O4. The Morgan fingerprint density at radius 3 is 2.58 bits per heavy atom. The molecule has 0 radical (unpaired) electrons. The predicted octanol–water partition coefficient (Wildman–Crippen LogP) is 1.26. The van der Waals surface area contributed by atoms with E-state index in [-0.39, 0.29) is 25.3 Å². The summed E-state index contributed by atoms with van der Waals surface area (Å²) in [7, 11) is 0. The number of rotatable bonds is 6. The summed E-state index contributed by atoms with van der Waals surface area (Å²) < 4.78 is 6.40. The number of carbonyl (C=O) groups excluding carboxylic acids is 2. The number of para-hydroxylation sites is 2. The van der Waals surface area contributed by atoms with Crippen LogP contribution in [0.2, 0.25) is 0 Å². The van der Waals surface area contributed by atoms with Gasteiger partial charge >= 0.3 is 5.97 Å². The number of ether oxygens (including phenoxy) is 1. The Bertz CT molecular complexity index is 983. The second-order valence-corrected chi connectivity index (χ2v) is 5.59. The lowest BCUT2D eigenvalue weighted by atomic mass is 10.2. The lowest BCUT2D eigenvalue weighted by Crippen LogP contribution is -2.36. The van der Waals surface area contributed by atoms with Crippen LogP contribution in [-0.4, -0.2) is 28.0 Å². The van der Waals surface area contributed by atoms with E-state index in [1.807, 2.05) is 30.3 Å². The van der Waals surface area contributed by atoms with Gasteiger partial charge in [0.1, 0.15) is 19.7 Å². The normalized spacial score (nSPS) is 10.5. The first-order valence-electron chi connectivity index (χ1n) is 8.04. The Kier molecular flexibility index (Phi) is 5.38. The van der Waals surface area contributed by atoms with Gasteiger partial charge in [-0.1, -0.05) is 42.5 Å². The van der Waals surface area contributed by atoms with Gasteiger partial charge in [-0.3, -0.25) is 19.0 Å². The van der Waals surface area contributed by atoms with Crippen LogP contribution in [0.3, 0.4) is 0 Å². The molecule has 0 unspecified atom stereocenters. The average Bonchev–Trinajstić information content (AvgIpc) is 2.68. The molecule has 1 amide bonds. The Labute approximate surface area is 149 Å². The zero-order chi connectivity index (χ0) is 18.4. The van der Waals surface area contributed by atoms with Gasteiger partial charge in [0.05, 0.1) is 17.2 Å². The van der Waals surface area contributed by atoms with E-state index in [1.54, 1.807) is 24.3 Å². The van der Waals surface area contributed by atoms with Crippen LogP contribution in [0.4, 0.5) is 0 Å². The van der Waals surface area contributed by atoms with Crippen molar-refractivity contribution in [1.29, 1.82) is 0 Å². The highest BCUT2D eigenvalue weighted by Crippen LogP contribution is 2.07. The molecule has 0 bridgehead atoms. The molecule has 1 heterocycles. The van der Waals surface area contributed by atoms with Crippen molar-refractivity contribution in [2.24, 2.45) is 0 Å². The van der Waals surface area contributed by atoms with E-state index in [2.05, 4.69) is 10.3 Å². The van der Waals surface area contributed by atoms with Crippen LogP contribution in [0, 0.1) is 0 Å². The predicted molar refractivity (Wildman–Crippen MR) is 95.3 cm³/mol. The number of benzene rings is 2. The molecule has 26 heavy (non-hydrogen) atoms. The van der Waals surface area contributed by atoms with E-state index in [0.717, 1.165) is 5.56 Å². The van der Waals surface area contributed by atoms with Gasteiger partial charge in [-0.2, -0.15) is 0 Å². The monoisotopic (exact) mass is 351 g/mol. The molecule has 0 saturated carbocycles. The fraction of sp³-hybridized carbons (Fsp3) is 0.158. The fourth-order valence-electron chi connectivity index (χ4n) is 2.44. The largest absolute Gasteiger partial charge is 0.460 e. The van der Waals surface area contributed by atoms with Crippen LogP contribution in [0.1, 0.15) is 5.56 Å². The van der Waals surface area contributed by atoms with Crippen LogP contribution < -0.4 is 10.9 Å². The van der Waals surface area contributed by atoms with Crippen LogP contribution >= 0.6 is 0 Å².